The summed E-state index contributed by atoms with van der Waals surface area (Å²) in [7, 11) is -6.80. The van der Waals surface area contributed by atoms with Crippen LogP contribution in [0.15, 0.2) is 48.7 Å². The maximum Gasteiger partial charge on any atom is 0.236 e. The number of aromatic nitrogens is 1. The maximum absolute atomic E-state index is 12.9. The minimum Gasteiger partial charge on any atom is -0.486 e. The molecule has 6 rings (SSSR count). The van der Waals surface area contributed by atoms with E-state index in [4.69, 9.17) is 9.47 Å². The topological polar surface area (TPSA) is 107 Å². The van der Waals surface area contributed by atoms with Crippen LogP contribution < -0.4 is 14.2 Å². The van der Waals surface area contributed by atoms with Gasteiger partial charge in [0.2, 0.25) is 20.0 Å². The van der Waals surface area contributed by atoms with Crippen molar-refractivity contribution >= 4 is 30.9 Å². The Hall–Kier alpha value is -2.60. The molecular weight excluding hydrogens is 502 g/mol. The summed E-state index contributed by atoms with van der Waals surface area (Å²) in [5.41, 5.74) is 2.58. The maximum atomic E-state index is 12.9. The lowest BCUT2D eigenvalue weighted by Crippen LogP contribution is -2.41. The van der Waals surface area contributed by atoms with Crippen molar-refractivity contribution in [3.8, 4) is 11.5 Å². The average molecular weight is 532 g/mol. The van der Waals surface area contributed by atoms with E-state index < -0.39 is 20.0 Å². The molecule has 2 aromatic carbocycles. The number of likely N-dealkylation sites (tertiary alicyclic amines) is 1. The Labute approximate surface area is 211 Å². The fourth-order valence-corrected chi connectivity index (χ4v) is 7.80. The zero-order valence-corrected chi connectivity index (χ0v) is 21.6. The van der Waals surface area contributed by atoms with Crippen LogP contribution in [-0.2, 0) is 26.6 Å². The minimum atomic E-state index is -3.42. The molecule has 192 valence electrons. The summed E-state index contributed by atoms with van der Waals surface area (Å²) in [6.45, 7) is 2.22. The number of nitrogens with zero attached hydrogens (tertiary/aromatic N) is 2. The highest BCUT2D eigenvalue weighted by Crippen LogP contribution is 2.40. The van der Waals surface area contributed by atoms with Crippen LogP contribution in [0.1, 0.15) is 36.4 Å². The number of sulfonamides is 1. The molecule has 36 heavy (non-hydrogen) atoms. The van der Waals surface area contributed by atoms with E-state index in [0.29, 0.717) is 62.6 Å². The quantitative estimate of drug-likeness (QED) is 0.500. The number of hydrogen-bond donors (Lipinski definition) is 1. The van der Waals surface area contributed by atoms with Gasteiger partial charge in [0.1, 0.15) is 13.2 Å². The van der Waals surface area contributed by atoms with Gasteiger partial charge in [-0.2, -0.15) is 0 Å². The van der Waals surface area contributed by atoms with Crippen LogP contribution in [0.25, 0.3) is 10.9 Å². The molecule has 3 heterocycles. The fraction of sp³-hybridized carbons (Fsp3) is 0.440. The van der Waals surface area contributed by atoms with Crippen molar-refractivity contribution in [1.82, 2.24) is 13.6 Å². The second-order valence-corrected chi connectivity index (χ2v) is 13.7. The second kappa shape index (κ2) is 8.76. The molecule has 0 bridgehead atoms. The molecule has 1 N–H and O–H groups in total. The van der Waals surface area contributed by atoms with Gasteiger partial charge in [0.25, 0.3) is 0 Å². The minimum absolute atomic E-state index is 0.207. The Balaban J connectivity index is 1.36. The van der Waals surface area contributed by atoms with Gasteiger partial charge in [-0.15, -0.1) is 0 Å². The second-order valence-electron chi connectivity index (χ2n) is 9.80. The lowest BCUT2D eigenvalue weighted by molar-refractivity contribution is 0.170. The van der Waals surface area contributed by atoms with Crippen molar-refractivity contribution in [2.75, 3.05) is 26.0 Å². The molecule has 2 atom stereocenters. The molecule has 0 amide bonds. The van der Waals surface area contributed by atoms with E-state index in [1.54, 1.807) is 12.3 Å². The molecule has 1 saturated heterocycles. The van der Waals surface area contributed by atoms with Gasteiger partial charge in [-0.3, -0.25) is 4.90 Å². The first-order valence-electron chi connectivity index (χ1n) is 12.1. The van der Waals surface area contributed by atoms with Crippen molar-refractivity contribution < 1.29 is 26.3 Å². The average Bonchev–Trinajstić information content (AvgIpc) is 3.51. The van der Waals surface area contributed by atoms with E-state index in [9.17, 15) is 16.8 Å². The van der Waals surface area contributed by atoms with Gasteiger partial charge >= 0.3 is 0 Å². The summed E-state index contributed by atoms with van der Waals surface area (Å²) >= 11 is 0. The number of benzene rings is 2. The number of nitrogens with one attached hydrogen (secondary N) is 1. The fourth-order valence-electron chi connectivity index (χ4n) is 5.38. The van der Waals surface area contributed by atoms with Crippen molar-refractivity contribution in [2.45, 2.75) is 43.1 Å². The summed E-state index contributed by atoms with van der Waals surface area (Å²) in [6, 6.07) is 12.8. The molecule has 11 heteroatoms. The van der Waals surface area contributed by atoms with Gasteiger partial charge in [0, 0.05) is 30.7 Å². The monoisotopic (exact) mass is 531 g/mol. The normalized spacial score (nSPS) is 22.8. The van der Waals surface area contributed by atoms with E-state index in [1.165, 1.54) is 10.2 Å². The smallest absolute Gasteiger partial charge is 0.236 e. The Morgan fingerprint density at radius 2 is 1.75 bits per heavy atom. The summed E-state index contributed by atoms with van der Waals surface area (Å²) in [5, 5.41) is 0.572. The largest absolute Gasteiger partial charge is 0.486 e. The Morgan fingerprint density at radius 3 is 2.50 bits per heavy atom. The number of ether oxygens (including phenoxy) is 2. The molecule has 9 nitrogen and oxygen atoms in total. The third kappa shape index (κ3) is 4.38. The highest BCUT2D eigenvalue weighted by atomic mass is 32.2. The molecule has 3 aliphatic rings. The molecular formula is C25H29N3O6S2. The van der Waals surface area contributed by atoms with E-state index in [0.717, 1.165) is 16.5 Å². The molecule has 0 radical (unpaired) electrons. The van der Waals surface area contributed by atoms with Crippen LogP contribution in [0.5, 0.6) is 11.5 Å². The van der Waals surface area contributed by atoms with Crippen LogP contribution in [0.2, 0.25) is 0 Å². The first-order valence-corrected chi connectivity index (χ1v) is 15.5. The number of hydrogen-bond acceptors (Lipinski definition) is 7. The van der Waals surface area contributed by atoms with Crippen molar-refractivity contribution in [3.63, 3.8) is 0 Å². The molecule has 0 unspecified atom stereocenters. The van der Waals surface area contributed by atoms with Crippen molar-refractivity contribution in [3.05, 3.63) is 59.8 Å². The van der Waals surface area contributed by atoms with Gasteiger partial charge in [-0.05, 0) is 54.7 Å². The lowest BCUT2D eigenvalue weighted by Gasteiger charge is -2.30. The summed E-state index contributed by atoms with van der Waals surface area (Å²) in [4.78, 5) is 2.26. The SMILES string of the molecule is CS(=O)(=O)n1ccc2c(CN3CC[C@H](NS(=O)(=O)C4CC4)[C@H]3c3ccc4c(c3)OCCO4)cccc21. The van der Waals surface area contributed by atoms with Crippen LogP contribution in [0.4, 0.5) is 0 Å². The third-order valence-corrected chi connectivity index (χ3v) is 10.2. The van der Waals surface area contributed by atoms with Crippen LogP contribution in [0.3, 0.4) is 0 Å². The molecule has 3 aromatic rings. The van der Waals surface area contributed by atoms with Gasteiger partial charge in [0.05, 0.1) is 23.1 Å². The standard InChI is InChI=1S/C25H29N3O6S2/c1-35(29,30)28-12-9-20-18(3-2-4-22(20)28)16-27-11-10-21(26-36(31,32)19-6-7-19)25(27)17-5-8-23-24(15-17)34-14-13-33-23/h2-5,8-9,12,15,19,21,25-26H,6-7,10-11,13-14,16H2,1H3/t21-,25+/m0/s1. The van der Waals surface area contributed by atoms with Gasteiger partial charge in [-0.1, -0.05) is 18.2 Å². The first-order chi connectivity index (χ1) is 17.2. The predicted octanol–water partition coefficient (Wildman–Crippen LogP) is 2.62. The highest BCUT2D eigenvalue weighted by Gasteiger charge is 2.42. The Bertz CT molecular complexity index is 1530. The Kier molecular flexibility index (Phi) is 5.78. The van der Waals surface area contributed by atoms with E-state index >= 15 is 0 Å². The van der Waals surface area contributed by atoms with E-state index in [2.05, 4.69) is 9.62 Å². The van der Waals surface area contributed by atoms with Crippen molar-refractivity contribution in [2.24, 2.45) is 0 Å². The zero-order valence-electron chi connectivity index (χ0n) is 20.0. The third-order valence-electron chi connectivity index (χ3n) is 7.21. The van der Waals surface area contributed by atoms with Crippen molar-refractivity contribution in [1.29, 1.82) is 0 Å². The van der Waals surface area contributed by atoms with E-state index in [-0.39, 0.29) is 17.3 Å². The zero-order chi connectivity index (χ0) is 25.1. The van der Waals surface area contributed by atoms with Gasteiger partial charge < -0.3 is 9.47 Å². The number of fused-ring (bicyclic) bond motifs is 2. The molecule has 1 aliphatic carbocycles. The molecule has 0 spiro atoms. The summed E-state index contributed by atoms with van der Waals surface area (Å²) < 4.78 is 66.0. The molecule has 1 saturated carbocycles. The van der Waals surface area contributed by atoms with Gasteiger partial charge in [0.15, 0.2) is 11.5 Å². The molecule has 1 aromatic heterocycles. The highest BCUT2D eigenvalue weighted by molar-refractivity contribution is 7.90. The van der Waals surface area contributed by atoms with Gasteiger partial charge in [-0.25, -0.2) is 25.5 Å². The van der Waals surface area contributed by atoms with Crippen LogP contribution >= 0.6 is 0 Å². The first kappa shape index (κ1) is 23.8. The summed E-state index contributed by atoms with van der Waals surface area (Å²) in [5.74, 6) is 1.36. The Morgan fingerprint density at radius 1 is 0.972 bits per heavy atom. The number of rotatable bonds is 7. The van der Waals surface area contributed by atoms with Crippen LogP contribution in [0, 0.1) is 0 Å². The summed E-state index contributed by atoms with van der Waals surface area (Å²) in [6.07, 6.45) is 4.86. The predicted molar refractivity (Wildman–Crippen MR) is 136 cm³/mol. The van der Waals surface area contributed by atoms with Crippen LogP contribution in [-0.4, -0.2) is 63.0 Å². The molecule has 2 aliphatic heterocycles. The van der Waals surface area contributed by atoms with E-state index in [1.807, 2.05) is 36.4 Å². The lowest BCUT2D eigenvalue weighted by atomic mass is 9.99. The molecule has 2 fully saturated rings.